The summed E-state index contributed by atoms with van der Waals surface area (Å²) in [6.07, 6.45) is 3.64. The van der Waals surface area contributed by atoms with E-state index < -0.39 is 0 Å². The van der Waals surface area contributed by atoms with Crippen LogP contribution in [0.15, 0.2) is 0 Å². The Morgan fingerprint density at radius 3 is 2.08 bits per heavy atom. The van der Waals surface area contributed by atoms with Crippen molar-refractivity contribution < 1.29 is 0 Å². The van der Waals surface area contributed by atoms with Gasteiger partial charge in [0, 0.05) is 6.04 Å². The van der Waals surface area contributed by atoms with Crippen LogP contribution in [0.3, 0.4) is 0 Å². The molecule has 3 unspecified atom stereocenters. The van der Waals surface area contributed by atoms with E-state index in [9.17, 15) is 0 Å². The number of nitrogens with one attached hydrogen (secondary N) is 1. The largest absolute Gasteiger partial charge is 0.271 e. The minimum Gasteiger partial charge on any atom is -0.271 e. The van der Waals surface area contributed by atoms with E-state index in [2.05, 4.69) is 33.1 Å². The number of hydrazine groups is 1. The van der Waals surface area contributed by atoms with Crippen LogP contribution in [0.25, 0.3) is 0 Å². The van der Waals surface area contributed by atoms with Crippen molar-refractivity contribution in [3.8, 4) is 0 Å². The van der Waals surface area contributed by atoms with E-state index >= 15 is 0 Å². The summed E-state index contributed by atoms with van der Waals surface area (Å²) >= 11 is 0. The van der Waals surface area contributed by atoms with Crippen molar-refractivity contribution in [3.63, 3.8) is 0 Å². The average molecular weight is 172 g/mol. The van der Waals surface area contributed by atoms with Gasteiger partial charge in [0.1, 0.15) is 0 Å². The number of hydrogen-bond donors (Lipinski definition) is 2. The molecule has 0 aliphatic heterocycles. The second kappa shape index (κ2) is 6.44. The lowest BCUT2D eigenvalue weighted by molar-refractivity contribution is 0.307. The van der Waals surface area contributed by atoms with Crippen molar-refractivity contribution in [2.24, 2.45) is 17.7 Å². The second-order valence-electron chi connectivity index (χ2n) is 3.91. The second-order valence-corrected chi connectivity index (χ2v) is 3.91. The van der Waals surface area contributed by atoms with Gasteiger partial charge in [0.2, 0.25) is 0 Å². The molecule has 0 saturated heterocycles. The Bertz CT molecular complexity index is 104. The molecule has 3 N–H and O–H groups in total. The first kappa shape index (κ1) is 11.9. The zero-order valence-electron chi connectivity index (χ0n) is 8.93. The normalized spacial score (nSPS) is 18.8. The van der Waals surface area contributed by atoms with Gasteiger partial charge in [-0.2, -0.15) is 0 Å². The Morgan fingerprint density at radius 2 is 1.75 bits per heavy atom. The van der Waals surface area contributed by atoms with Crippen LogP contribution in [0.4, 0.5) is 0 Å². The van der Waals surface area contributed by atoms with Crippen LogP contribution >= 0.6 is 0 Å². The monoisotopic (exact) mass is 172 g/mol. The lowest BCUT2D eigenvalue weighted by Crippen LogP contribution is -2.40. The molecule has 0 fully saturated rings. The van der Waals surface area contributed by atoms with Crippen LogP contribution < -0.4 is 11.3 Å². The lowest BCUT2D eigenvalue weighted by Gasteiger charge is -2.24. The molecule has 2 nitrogen and oxygen atoms in total. The fraction of sp³-hybridized carbons (Fsp3) is 1.00. The van der Waals surface area contributed by atoms with Crippen molar-refractivity contribution in [1.29, 1.82) is 0 Å². The van der Waals surface area contributed by atoms with Gasteiger partial charge in [-0.1, -0.05) is 40.5 Å². The highest BCUT2D eigenvalue weighted by molar-refractivity contribution is 4.72. The molecule has 0 bridgehead atoms. The van der Waals surface area contributed by atoms with Crippen molar-refractivity contribution >= 4 is 0 Å². The van der Waals surface area contributed by atoms with E-state index in [-0.39, 0.29) is 0 Å². The molecule has 0 aromatic rings. The molecule has 0 spiro atoms. The molecule has 74 valence electrons. The third kappa shape index (κ3) is 4.07. The van der Waals surface area contributed by atoms with Gasteiger partial charge in [0.15, 0.2) is 0 Å². The number of hydrogen-bond acceptors (Lipinski definition) is 2. The SMILES string of the molecule is CCC(C)CC(NN)C(C)CC. The van der Waals surface area contributed by atoms with Crippen molar-refractivity contribution in [1.82, 2.24) is 5.43 Å². The number of nitrogens with two attached hydrogens (primary N) is 1. The van der Waals surface area contributed by atoms with Gasteiger partial charge in [0.25, 0.3) is 0 Å². The Balaban J connectivity index is 3.81. The lowest BCUT2D eigenvalue weighted by atomic mass is 9.90. The summed E-state index contributed by atoms with van der Waals surface area (Å²) in [6.45, 7) is 8.99. The fourth-order valence-electron chi connectivity index (χ4n) is 1.35. The summed E-state index contributed by atoms with van der Waals surface area (Å²) in [6, 6.07) is 0.491. The molecular formula is C10H24N2. The zero-order valence-corrected chi connectivity index (χ0v) is 8.93. The van der Waals surface area contributed by atoms with Gasteiger partial charge >= 0.3 is 0 Å². The van der Waals surface area contributed by atoms with Crippen molar-refractivity contribution in [2.75, 3.05) is 0 Å². The van der Waals surface area contributed by atoms with Gasteiger partial charge in [-0.3, -0.25) is 11.3 Å². The summed E-state index contributed by atoms with van der Waals surface area (Å²) < 4.78 is 0. The van der Waals surface area contributed by atoms with Crippen LogP contribution in [0.1, 0.15) is 47.0 Å². The molecule has 0 radical (unpaired) electrons. The average Bonchev–Trinajstić information content (AvgIpc) is 2.12. The third-order valence-corrected chi connectivity index (χ3v) is 2.90. The topological polar surface area (TPSA) is 38.0 Å². The minimum absolute atomic E-state index is 0.491. The summed E-state index contributed by atoms with van der Waals surface area (Å²) in [5.74, 6) is 6.96. The van der Waals surface area contributed by atoms with Crippen LogP contribution in [0.2, 0.25) is 0 Å². The molecule has 0 aromatic heterocycles. The maximum atomic E-state index is 5.50. The Labute approximate surface area is 76.9 Å². The zero-order chi connectivity index (χ0) is 9.56. The first-order chi connectivity index (χ1) is 5.65. The predicted octanol–water partition coefficient (Wildman–Crippen LogP) is 2.30. The first-order valence-corrected chi connectivity index (χ1v) is 5.11. The van der Waals surface area contributed by atoms with Crippen LogP contribution in [0, 0.1) is 11.8 Å². The highest BCUT2D eigenvalue weighted by Gasteiger charge is 2.15. The molecule has 0 aliphatic carbocycles. The van der Waals surface area contributed by atoms with Crippen molar-refractivity contribution in [2.45, 2.75) is 53.0 Å². The van der Waals surface area contributed by atoms with Gasteiger partial charge < -0.3 is 0 Å². The molecule has 0 heterocycles. The van der Waals surface area contributed by atoms with E-state index in [4.69, 9.17) is 5.84 Å². The molecule has 12 heavy (non-hydrogen) atoms. The van der Waals surface area contributed by atoms with Crippen LogP contribution in [-0.4, -0.2) is 6.04 Å². The number of rotatable bonds is 6. The molecule has 0 aromatic carbocycles. The van der Waals surface area contributed by atoms with E-state index in [0.29, 0.717) is 12.0 Å². The van der Waals surface area contributed by atoms with E-state index in [1.165, 1.54) is 19.3 Å². The first-order valence-electron chi connectivity index (χ1n) is 5.11. The standard InChI is InChI=1S/C10H24N2/c1-5-8(3)7-10(12-11)9(4)6-2/h8-10,12H,5-7,11H2,1-4H3. The molecular weight excluding hydrogens is 148 g/mol. The molecule has 0 rings (SSSR count). The molecule has 0 saturated carbocycles. The van der Waals surface area contributed by atoms with Crippen LogP contribution in [0.5, 0.6) is 0 Å². The highest BCUT2D eigenvalue weighted by Crippen LogP contribution is 2.17. The Hall–Kier alpha value is -0.0800. The maximum absolute atomic E-state index is 5.50. The smallest absolute Gasteiger partial charge is 0.0238 e. The Kier molecular flexibility index (Phi) is 6.39. The predicted molar refractivity (Wildman–Crippen MR) is 54.6 cm³/mol. The fourth-order valence-corrected chi connectivity index (χ4v) is 1.35. The van der Waals surface area contributed by atoms with Gasteiger partial charge in [-0.15, -0.1) is 0 Å². The molecule has 0 amide bonds. The Morgan fingerprint density at radius 1 is 1.17 bits per heavy atom. The summed E-state index contributed by atoms with van der Waals surface area (Å²) in [5, 5.41) is 0. The highest BCUT2D eigenvalue weighted by atomic mass is 15.2. The van der Waals surface area contributed by atoms with E-state index in [0.717, 1.165) is 5.92 Å². The molecule has 2 heteroatoms. The van der Waals surface area contributed by atoms with Gasteiger partial charge in [-0.05, 0) is 18.3 Å². The third-order valence-electron chi connectivity index (χ3n) is 2.90. The van der Waals surface area contributed by atoms with Gasteiger partial charge in [-0.25, -0.2) is 0 Å². The molecule has 0 aliphatic rings. The van der Waals surface area contributed by atoms with Crippen molar-refractivity contribution in [3.05, 3.63) is 0 Å². The quantitative estimate of drug-likeness (QED) is 0.476. The van der Waals surface area contributed by atoms with E-state index in [1.807, 2.05) is 0 Å². The maximum Gasteiger partial charge on any atom is 0.0238 e. The summed E-state index contributed by atoms with van der Waals surface area (Å²) in [5.41, 5.74) is 2.92. The van der Waals surface area contributed by atoms with E-state index in [1.54, 1.807) is 0 Å². The van der Waals surface area contributed by atoms with Crippen LogP contribution in [-0.2, 0) is 0 Å². The molecule has 3 atom stereocenters. The minimum atomic E-state index is 0.491. The summed E-state index contributed by atoms with van der Waals surface area (Å²) in [7, 11) is 0. The van der Waals surface area contributed by atoms with Gasteiger partial charge in [0.05, 0.1) is 0 Å². The summed E-state index contributed by atoms with van der Waals surface area (Å²) in [4.78, 5) is 0.